The predicted octanol–water partition coefficient (Wildman–Crippen LogP) is 6.07. The number of rotatable bonds is 37. The monoisotopic (exact) mass is 2500 g/mol. The Bertz CT molecular complexity index is 6380. The van der Waals surface area contributed by atoms with Gasteiger partial charge in [0.1, 0.15) is 34.7 Å². The topological polar surface area (TPSA) is 774 Å². The molecule has 149 heavy (non-hydrogen) atoms. The molecule has 5 aliphatic rings. The number of likely N-dealkylation sites (tertiary alicyclic amines) is 1. The number of nitrogens with zero attached hydrogens (tertiary/aromatic N) is 20. The first-order chi connectivity index (χ1) is 70.4. The van der Waals surface area contributed by atoms with Gasteiger partial charge in [-0.1, -0.05) is 13.8 Å². The van der Waals surface area contributed by atoms with Crippen LogP contribution in [-0.2, 0) is 67.5 Å². The van der Waals surface area contributed by atoms with Crippen molar-refractivity contribution < 1.29 is 141 Å². The molecule has 0 bridgehead atoms. The Labute approximate surface area is 882 Å². The fraction of sp³-hybridized carbons (Fsp3) is 0.390. The highest BCUT2D eigenvalue weighted by Gasteiger charge is 2.52. The van der Waals surface area contributed by atoms with Crippen LogP contribution in [0, 0.1) is 39.9 Å². The van der Waals surface area contributed by atoms with Crippen molar-refractivity contribution in [2.24, 2.45) is 47.3 Å². The van der Waals surface area contributed by atoms with Gasteiger partial charge in [-0.15, -0.1) is 0 Å². The van der Waals surface area contributed by atoms with Gasteiger partial charge in [0.2, 0.25) is 29.1 Å². The van der Waals surface area contributed by atoms with E-state index in [-0.39, 0.29) is 211 Å². The van der Waals surface area contributed by atoms with E-state index in [1.54, 1.807) is 20.8 Å². The minimum Gasteiger partial charge on any atom is -0.385 e. The zero-order valence-electron chi connectivity index (χ0n) is 77.9. The van der Waals surface area contributed by atoms with Crippen molar-refractivity contribution in [1.29, 1.82) is 0 Å². The van der Waals surface area contributed by atoms with E-state index in [9.17, 15) is 101 Å². The third kappa shape index (κ3) is 31.1. The average Bonchev–Trinajstić information content (AvgIpc) is 1.51. The van der Waals surface area contributed by atoms with Gasteiger partial charge in [0.25, 0.3) is 0 Å². The maximum absolute atomic E-state index is 14.7. The maximum atomic E-state index is 14.7. The number of nitrogens with one attached hydrogen (secondary N) is 10. The van der Waals surface area contributed by atoms with Crippen LogP contribution in [0.2, 0.25) is 0 Å². The number of anilines is 5. The van der Waals surface area contributed by atoms with E-state index in [0.29, 0.717) is 48.9 Å². The van der Waals surface area contributed by atoms with Gasteiger partial charge in [-0.2, -0.15) is 50.9 Å². The lowest BCUT2D eigenvalue weighted by atomic mass is 9.81. The van der Waals surface area contributed by atoms with E-state index >= 15 is 0 Å². The summed E-state index contributed by atoms with van der Waals surface area (Å²) >= 11 is 15.3. The second-order valence-corrected chi connectivity index (χ2v) is 43.5. The molecule has 72 heteroatoms. The van der Waals surface area contributed by atoms with Crippen LogP contribution in [0.15, 0.2) is 161 Å². The second-order valence-electron chi connectivity index (χ2n) is 32.8. The lowest BCUT2D eigenvalue weighted by Gasteiger charge is -2.47. The number of aliphatic hydroxyl groups is 1. The SMILES string of the molecule is CC1(CNc2nonc2C(=Nc2ccc(F)c(Br)c2)NO)CN(C(=O)C(N)=O)C1.CCOS(=O)(=O)N1CC(C)(CNc2nonc2C(=Nc2ccc(F)c(Br)c2)NO)C1.CCOS(=O)(=O)N1CC(F)(CNc2nonc2C(=Nc2ccc(F)c(Br)c2)NO)C1.CCOS(=O)(=O)N1CC(N)(CNc2nonc2C(=Nc2ccc(F)c(Br)c2)NO)C1.CCOS(=O)(=O)N1CC(O)(CNc2nonc2C(=Nc2ccc(F)c(Br)c2)NO)C1. The minimum atomic E-state index is -3.96. The van der Waals surface area contributed by atoms with Gasteiger partial charge in [-0.05, 0) is 250 Å². The van der Waals surface area contributed by atoms with Crippen molar-refractivity contribution in [2.45, 2.75) is 58.4 Å². The molecule has 15 rings (SSSR count). The molecule has 10 heterocycles. The van der Waals surface area contributed by atoms with Crippen LogP contribution in [0.4, 0.5) is 83.9 Å². The average molecular weight is 2510 g/mol. The Morgan fingerprint density at radius 3 is 0.866 bits per heavy atom. The summed E-state index contributed by atoms with van der Waals surface area (Å²) in [6, 6.07) is 20.0. The number of halogens is 11. The number of hydroxylamine groups is 5. The summed E-state index contributed by atoms with van der Waals surface area (Å²) in [6.45, 7) is 10.7. The summed E-state index contributed by atoms with van der Waals surface area (Å²) in [5.41, 5.74) is 17.5. The van der Waals surface area contributed by atoms with Gasteiger partial charge in [0.05, 0.1) is 102 Å². The predicted molar refractivity (Wildman–Crippen MR) is 526 cm³/mol. The summed E-state index contributed by atoms with van der Waals surface area (Å²) in [4.78, 5) is 44.5. The molecule has 5 aromatic heterocycles. The zero-order valence-corrected chi connectivity index (χ0v) is 89.1. The fourth-order valence-electron chi connectivity index (χ4n) is 13.6. The van der Waals surface area contributed by atoms with Gasteiger partial charge >= 0.3 is 53.0 Å². The number of hydrogen-bond acceptors (Lipinski definition) is 46. The molecular formula is C77H91Br5F6N32O25S4. The van der Waals surface area contributed by atoms with Crippen LogP contribution in [0.25, 0.3) is 0 Å². The van der Waals surface area contributed by atoms with E-state index in [2.05, 4.69) is 200 Å². The molecule has 10 aromatic rings. The molecule has 0 radical (unpaired) electrons. The lowest BCUT2D eigenvalue weighted by Crippen LogP contribution is -2.71. The largest absolute Gasteiger partial charge is 0.385 e. The smallest absolute Gasteiger partial charge is 0.338 e. The number of amidine groups is 5. The number of amides is 2. The minimum absolute atomic E-state index is 0.00954. The standard InChI is InChI=1S/C16H17BrFN7O4.C16H20BrFN6O5S.C15H17BrF2N6O5S.C15H19BrFN7O5S.C15H18BrFN6O6S/c1-16(6-25(7-16)15(27)12(19)26)5-20-13-11(23-29-24-13)14(22-28)21-8-2-3-10(18)9(17)4-8;1-3-28-30(26,27)24-8-16(2,9-24)7-19-14-13(22-29-23-14)15(21-25)20-10-4-5-12(18)11(17)6-10;2*1-2-28-30(26,27)24-7-15(18,8-24)6-19-13-12(22-29-23-13)14(21-25)20-9-3-4-11(17)10(16)5-9;1-2-28-30(26,27)23-7-15(24,8-23)6-18-13-12(21-29-22-13)14(20-25)19-9-3-4-11(17)10(16)5-9/h2-4,28H,5-7H2,1H3,(H2,19,26)(H,20,24)(H,21,22);4-6,25H,3,7-9H2,1-2H3,(H,19,23)(H,20,21);3-5,25H,2,6-8H2,1H3,(H,19,23)(H,20,21);3-5,25H,2,6-8,18H2,1H3,(H,19,23)(H,20,21);3-5,24-25H,2,6-8H2,1H3,(H,18,22)(H,19,20). The molecule has 0 unspecified atom stereocenters. The number of primary amides is 1. The molecular weight excluding hydrogens is 2410 g/mol. The molecule has 0 atom stereocenters. The van der Waals surface area contributed by atoms with Crippen molar-refractivity contribution in [3.63, 3.8) is 0 Å². The highest BCUT2D eigenvalue weighted by Crippen LogP contribution is 2.38. The van der Waals surface area contributed by atoms with Crippen molar-refractivity contribution in [3.05, 3.63) is 171 Å². The first-order valence-electron chi connectivity index (χ1n) is 42.8. The first-order valence-corrected chi connectivity index (χ1v) is 52.2. The molecule has 5 fully saturated rings. The Morgan fingerprint density at radius 2 is 0.611 bits per heavy atom. The summed E-state index contributed by atoms with van der Waals surface area (Å²) in [7, 11) is -15.3. The fourth-order valence-corrected chi connectivity index (χ4v) is 20.6. The number of aromatic nitrogens is 10. The number of alkyl halides is 1. The highest BCUT2D eigenvalue weighted by atomic mass is 79.9. The molecule has 57 nitrogen and oxygen atoms in total. The number of hydrogen-bond donors (Lipinski definition) is 18. The maximum Gasteiger partial charge on any atom is 0.338 e. The second kappa shape index (κ2) is 50.9. The van der Waals surface area contributed by atoms with Crippen LogP contribution in [0.5, 0.6) is 0 Å². The van der Waals surface area contributed by atoms with Crippen LogP contribution in [0.1, 0.15) is 70.0 Å². The summed E-state index contributed by atoms with van der Waals surface area (Å²) < 4.78 is 224. The zero-order chi connectivity index (χ0) is 109. The van der Waals surface area contributed by atoms with Crippen LogP contribution in [0.3, 0.4) is 0 Å². The van der Waals surface area contributed by atoms with E-state index < -0.39 is 112 Å². The van der Waals surface area contributed by atoms with Crippen molar-refractivity contribution in [1.82, 2.24) is 101 Å². The molecule has 2 amide bonds. The van der Waals surface area contributed by atoms with Gasteiger partial charge in [-0.3, -0.25) is 79.8 Å². The molecule has 5 aromatic carbocycles. The molecule has 810 valence electrons. The normalized spacial score (nSPS) is 16.6. The Kier molecular flexibility index (Phi) is 40.2. The van der Waals surface area contributed by atoms with Crippen molar-refractivity contribution in [2.75, 3.05) is 151 Å². The molecule has 0 aliphatic carbocycles. The van der Waals surface area contributed by atoms with Crippen LogP contribution >= 0.6 is 79.6 Å². The van der Waals surface area contributed by atoms with Gasteiger partial charge in [0, 0.05) is 89.4 Å². The number of β-amino-alcohol motifs (C(OH)–C–C–N with tert-alkyl or cyclic N) is 1. The third-order valence-electron chi connectivity index (χ3n) is 20.9. The van der Waals surface area contributed by atoms with E-state index in [1.165, 1.54) is 107 Å². The van der Waals surface area contributed by atoms with Crippen LogP contribution < -0.4 is 65.5 Å². The summed E-state index contributed by atoms with van der Waals surface area (Å²) in [5.74, 6) is -4.16. The van der Waals surface area contributed by atoms with Crippen LogP contribution in [-0.4, -0.2) is 321 Å². The number of carbonyl (C=O) groups excluding carboxylic acids is 2. The quantitative estimate of drug-likeness (QED) is 0.00691. The molecule has 0 spiro atoms. The van der Waals surface area contributed by atoms with E-state index in [0.717, 1.165) is 12.9 Å². The number of carbonyl (C=O) groups is 2. The molecule has 0 saturated carbocycles. The van der Waals surface area contributed by atoms with Gasteiger partial charge < -0.3 is 48.1 Å². The third-order valence-corrected chi connectivity index (χ3v) is 29.6. The van der Waals surface area contributed by atoms with E-state index in [4.69, 9.17) is 33.7 Å². The molecule has 20 N–H and O–H groups in total. The Morgan fingerprint density at radius 1 is 0.376 bits per heavy atom. The Hall–Kier alpha value is -11.7. The molecule has 5 aliphatic heterocycles. The van der Waals surface area contributed by atoms with Gasteiger partial charge in [0.15, 0.2) is 63.3 Å². The number of nitrogens with two attached hydrogens (primary N) is 2. The van der Waals surface area contributed by atoms with E-state index in [1.807, 2.05) is 41.2 Å². The summed E-state index contributed by atoms with van der Waals surface area (Å²) in [6.07, 6.45) is 0. The van der Waals surface area contributed by atoms with Gasteiger partial charge in [-0.25, -0.2) is 74.4 Å². The summed E-state index contributed by atoms with van der Waals surface area (Å²) in [5, 5.41) is 109. The highest BCUT2D eigenvalue weighted by molar-refractivity contribution is 9.11. The Balaban J connectivity index is 0.000000177. The molecule has 5 saturated heterocycles. The van der Waals surface area contributed by atoms with Crippen molar-refractivity contribution in [3.8, 4) is 0 Å². The lowest BCUT2D eigenvalue weighted by molar-refractivity contribution is -0.151. The number of benzene rings is 5. The number of aliphatic imine (C=N–C) groups is 5. The first kappa shape index (κ1) is 118. The van der Waals surface area contributed by atoms with Crippen molar-refractivity contribution >= 4 is 219 Å².